The third kappa shape index (κ3) is 5.94. The smallest absolute Gasteiger partial charge is 0.242 e. The number of benzene rings is 2. The number of hydrogen-bond acceptors (Lipinski definition) is 6. The highest BCUT2D eigenvalue weighted by Gasteiger charge is 2.22. The van der Waals surface area contributed by atoms with Crippen molar-refractivity contribution >= 4 is 15.7 Å². The largest absolute Gasteiger partial charge is 0.486 e. The maximum atomic E-state index is 12.6. The Bertz CT molecular complexity index is 1010. The maximum absolute atomic E-state index is 12.6. The summed E-state index contributed by atoms with van der Waals surface area (Å²) in [7, 11) is -3.57. The van der Waals surface area contributed by atoms with Gasteiger partial charge in [0.2, 0.25) is 10.0 Å². The van der Waals surface area contributed by atoms with E-state index in [9.17, 15) is 8.42 Å². The highest BCUT2D eigenvalue weighted by Crippen LogP contribution is 2.31. The minimum atomic E-state index is -3.57. The van der Waals surface area contributed by atoms with Gasteiger partial charge in [-0.05, 0) is 73.9 Å². The van der Waals surface area contributed by atoms with E-state index in [-0.39, 0.29) is 10.6 Å². The molecule has 8 heteroatoms. The van der Waals surface area contributed by atoms with E-state index in [4.69, 9.17) is 15.2 Å². The lowest BCUT2D eigenvalue weighted by atomic mass is 9.98. The average Bonchev–Trinajstić information content (AvgIpc) is 3.03. The number of nitrogens with one attached hydrogen (secondary N) is 2. The standard InChI is InChI=1S/C24H33N3O4S/c25-21-6-1-2-7-24(21)32(28,29)27-17-19-5-3-4-18(8-9-19)15-26-16-20-10-11-22-23(14-20)31-13-12-30-22/h1-2,6-7,10-11,14,18-19,26-27H,3-5,8-9,12-13,15-17,25H2/t18-,19-/m1/s1. The van der Waals surface area contributed by atoms with E-state index < -0.39 is 10.0 Å². The number of nitrogen functional groups attached to an aromatic ring is 1. The molecule has 1 heterocycles. The van der Waals surface area contributed by atoms with E-state index in [1.54, 1.807) is 24.3 Å². The monoisotopic (exact) mass is 459 g/mol. The number of para-hydroxylation sites is 1. The van der Waals surface area contributed by atoms with E-state index in [0.29, 0.717) is 31.6 Å². The van der Waals surface area contributed by atoms with Gasteiger partial charge < -0.3 is 20.5 Å². The quantitative estimate of drug-likeness (QED) is 0.413. The van der Waals surface area contributed by atoms with Gasteiger partial charge in [-0.1, -0.05) is 24.6 Å². The molecule has 1 aliphatic heterocycles. The van der Waals surface area contributed by atoms with Crippen molar-refractivity contribution < 1.29 is 17.9 Å². The Labute approximate surface area is 190 Å². The lowest BCUT2D eigenvalue weighted by Gasteiger charge is -2.19. The lowest BCUT2D eigenvalue weighted by Crippen LogP contribution is -2.30. The van der Waals surface area contributed by atoms with Gasteiger partial charge in [0.15, 0.2) is 11.5 Å². The van der Waals surface area contributed by atoms with Crippen molar-refractivity contribution in [2.75, 3.05) is 32.0 Å². The maximum Gasteiger partial charge on any atom is 0.242 e. The fraction of sp³-hybridized carbons (Fsp3) is 0.500. The SMILES string of the molecule is Nc1ccccc1S(=O)(=O)NC[C@@H]1CCC[C@@H](CNCc2ccc3c(c2)OCCO3)CC1. The van der Waals surface area contributed by atoms with Crippen molar-refractivity contribution in [3.05, 3.63) is 48.0 Å². The number of anilines is 1. The minimum Gasteiger partial charge on any atom is -0.486 e. The van der Waals surface area contributed by atoms with E-state index in [1.807, 2.05) is 6.07 Å². The molecule has 1 fully saturated rings. The topological polar surface area (TPSA) is 103 Å². The van der Waals surface area contributed by atoms with Crippen LogP contribution in [0, 0.1) is 11.8 Å². The van der Waals surface area contributed by atoms with Crippen LogP contribution in [0.2, 0.25) is 0 Å². The number of nitrogens with two attached hydrogens (primary N) is 1. The molecular formula is C24H33N3O4S. The molecule has 2 atom stereocenters. The molecule has 174 valence electrons. The van der Waals surface area contributed by atoms with Gasteiger partial charge in [0.25, 0.3) is 0 Å². The van der Waals surface area contributed by atoms with Crippen LogP contribution in [-0.2, 0) is 16.6 Å². The molecule has 4 N–H and O–H groups in total. The van der Waals surface area contributed by atoms with E-state index >= 15 is 0 Å². The molecule has 32 heavy (non-hydrogen) atoms. The second kappa shape index (κ2) is 10.6. The van der Waals surface area contributed by atoms with Crippen LogP contribution in [0.5, 0.6) is 11.5 Å². The Morgan fingerprint density at radius 1 is 0.906 bits per heavy atom. The van der Waals surface area contributed by atoms with Crippen molar-refractivity contribution in [3.8, 4) is 11.5 Å². The van der Waals surface area contributed by atoms with Crippen LogP contribution in [0.1, 0.15) is 37.7 Å². The molecule has 2 aliphatic rings. The van der Waals surface area contributed by atoms with E-state index in [0.717, 1.165) is 50.3 Å². The first-order valence-corrected chi connectivity index (χ1v) is 12.9. The second-order valence-corrected chi connectivity index (χ2v) is 10.5. The molecule has 1 aliphatic carbocycles. The molecule has 4 rings (SSSR count). The van der Waals surface area contributed by atoms with Gasteiger partial charge in [0.1, 0.15) is 18.1 Å². The van der Waals surface area contributed by atoms with Crippen LogP contribution in [0.3, 0.4) is 0 Å². The Balaban J connectivity index is 1.21. The van der Waals surface area contributed by atoms with Gasteiger partial charge in [0.05, 0.1) is 5.69 Å². The van der Waals surface area contributed by atoms with Gasteiger partial charge in [-0.3, -0.25) is 0 Å². The van der Waals surface area contributed by atoms with Crippen LogP contribution in [0.15, 0.2) is 47.4 Å². The summed E-state index contributed by atoms with van der Waals surface area (Å²) in [6, 6.07) is 12.7. The van der Waals surface area contributed by atoms with E-state index in [2.05, 4.69) is 22.2 Å². The zero-order valence-electron chi connectivity index (χ0n) is 18.4. The minimum absolute atomic E-state index is 0.162. The van der Waals surface area contributed by atoms with Crippen LogP contribution in [0.25, 0.3) is 0 Å². The third-order valence-corrected chi connectivity index (χ3v) is 7.84. The van der Waals surface area contributed by atoms with Crippen LogP contribution in [0.4, 0.5) is 5.69 Å². The van der Waals surface area contributed by atoms with Crippen molar-refractivity contribution in [1.29, 1.82) is 0 Å². The van der Waals surface area contributed by atoms with Crippen LogP contribution >= 0.6 is 0 Å². The molecule has 0 saturated heterocycles. The van der Waals surface area contributed by atoms with E-state index in [1.165, 1.54) is 12.0 Å². The molecule has 1 saturated carbocycles. The molecule has 2 aromatic rings. The third-order valence-electron chi connectivity index (χ3n) is 6.35. The first-order chi connectivity index (χ1) is 15.5. The molecular weight excluding hydrogens is 426 g/mol. The summed E-state index contributed by atoms with van der Waals surface area (Å²) in [4.78, 5) is 0.162. The normalized spacial score (nSPS) is 21.1. The summed E-state index contributed by atoms with van der Waals surface area (Å²) in [5.74, 6) is 2.61. The molecule has 0 aromatic heterocycles. The van der Waals surface area contributed by atoms with Gasteiger partial charge >= 0.3 is 0 Å². The number of hydrogen-bond donors (Lipinski definition) is 3. The average molecular weight is 460 g/mol. The predicted octanol–water partition coefficient (Wildman–Crippen LogP) is 3.30. The Kier molecular flexibility index (Phi) is 7.55. The molecule has 0 bridgehead atoms. The fourth-order valence-electron chi connectivity index (χ4n) is 4.51. The number of rotatable bonds is 8. The molecule has 0 radical (unpaired) electrons. The zero-order chi connectivity index (χ0) is 22.4. The van der Waals surface area contributed by atoms with Gasteiger partial charge in [-0.2, -0.15) is 0 Å². The fourth-order valence-corrected chi connectivity index (χ4v) is 5.76. The molecule has 2 aromatic carbocycles. The summed E-state index contributed by atoms with van der Waals surface area (Å²) >= 11 is 0. The summed E-state index contributed by atoms with van der Waals surface area (Å²) in [5.41, 5.74) is 7.31. The number of ether oxygens (including phenoxy) is 2. The van der Waals surface area contributed by atoms with Crippen molar-refractivity contribution in [3.63, 3.8) is 0 Å². The first kappa shape index (κ1) is 22.9. The van der Waals surface area contributed by atoms with Crippen LogP contribution < -0.4 is 25.2 Å². The molecule has 0 unspecified atom stereocenters. The summed E-state index contributed by atoms with van der Waals surface area (Å²) in [5, 5.41) is 3.58. The predicted molar refractivity (Wildman–Crippen MR) is 125 cm³/mol. The molecule has 0 amide bonds. The molecule has 7 nitrogen and oxygen atoms in total. The van der Waals surface area contributed by atoms with Crippen molar-refractivity contribution in [2.24, 2.45) is 11.8 Å². The summed E-state index contributed by atoms with van der Waals surface area (Å²) < 4.78 is 39.2. The van der Waals surface area contributed by atoms with Crippen molar-refractivity contribution in [1.82, 2.24) is 10.0 Å². The zero-order valence-corrected chi connectivity index (χ0v) is 19.2. The van der Waals surface area contributed by atoms with Crippen LogP contribution in [-0.4, -0.2) is 34.7 Å². The van der Waals surface area contributed by atoms with Gasteiger partial charge in [-0.15, -0.1) is 0 Å². The lowest BCUT2D eigenvalue weighted by molar-refractivity contribution is 0.171. The summed E-state index contributed by atoms with van der Waals surface area (Å²) in [6.45, 7) is 3.44. The first-order valence-electron chi connectivity index (χ1n) is 11.4. The Morgan fingerprint density at radius 2 is 1.62 bits per heavy atom. The second-order valence-electron chi connectivity index (χ2n) is 8.74. The van der Waals surface area contributed by atoms with Gasteiger partial charge in [-0.25, -0.2) is 13.1 Å². The number of sulfonamides is 1. The highest BCUT2D eigenvalue weighted by atomic mass is 32.2. The Morgan fingerprint density at radius 3 is 2.41 bits per heavy atom. The number of fused-ring (bicyclic) bond motifs is 1. The molecule has 0 spiro atoms. The van der Waals surface area contributed by atoms with Crippen molar-refractivity contribution in [2.45, 2.75) is 43.5 Å². The van der Waals surface area contributed by atoms with Gasteiger partial charge in [0, 0.05) is 13.1 Å². The highest BCUT2D eigenvalue weighted by molar-refractivity contribution is 7.89. The summed E-state index contributed by atoms with van der Waals surface area (Å²) in [6.07, 6.45) is 5.47. The Hall–Kier alpha value is -2.29.